The maximum atomic E-state index is 4.96. The Labute approximate surface area is 228 Å². The van der Waals surface area contributed by atoms with E-state index in [9.17, 15) is 0 Å². The summed E-state index contributed by atoms with van der Waals surface area (Å²) < 4.78 is 3.52. The molecule has 0 unspecified atom stereocenters. The fraction of sp³-hybridized carbons (Fsp3) is 0.581. The average molecular weight is 562 g/mol. The zero-order valence-corrected chi connectivity index (χ0v) is 24.2. The number of rotatable bonds is 18. The van der Waals surface area contributed by atoms with Crippen molar-refractivity contribution in [1.29, 1.82) is 0 Å². The SMILES string of the molecule is CCCCCCCCCCCCCCCCCCn1c(-c2cccc(Br)c2)nc2ccccc21.Cl. The zero-order chi connectivity index (χ0) is 23.8. The molecular weight excluding hydrogens is 516 g/mol. The summed E-state index contributed by atoms with van der Waals surface area (Å²) >= 11 is 3.62. The molecule has 0 aliphatic rings. The lowest BCUT2D eigenvalue weighted by atomic mass is 10.0. The standard InChI is InChI=1S/C31H45BrN2.ClH/c1-2-3-4-5-6-7-8-9-10-11-12-13-14-15-16-19-25-34-30-24-18-17-23-29(30)33-31(34)27-21-20-22-28(32)26-27;/h17-18,20-24,26H,2-16,19,25H2,1H3;1H. The average Bonchev–Trinajstić information content (AvgIpc) is 3.22. The van der Waals surface area contributed by atoms with Gasteiger partial charge in [-0.2, -0.15) is 0 Å². The van der Waals surface area contributed by atoms with Crippen molar-refractivity contribution >= 4 is 39.4 Å². The van der Waals surface area contributed by atoms with Crippen LogP contribution in [0.15, 0.2) is 53.0 Å². The van der Waals surface area contributed by atoms with Gasteiger partial charge in [0, 0.05) is 16.6 Å². The molecule has 1 aromatic heterocycles. The Hall–Kier alpha value is -1.32. The van der Waals surface area contributed by atoms with Crippen LogP contribution in [0, 0.1) is 0 Å². The lowest BCUT2D eigenvalue weighted by Crippen LogP contribution is -2.01. The number of hydrogen-bond donors (Lipinski definition) is 0. The van der Waals surface area contributed by atoms with Gasteiger partial charge in [-0.3, -0.25) is 0 Å². The quantitative estimate of drug-likeness (QED) is 0.141. The van der Waals surface area contributed by atoms with Crippen LogP contribution in [0.3, 0.4) is 0 Å². The van der Waals surface area contributed by atoms with Gasteiger partial charge < -0.3 is 4.57 Å². The van der Waals surface area contributed by atoms with Gasteiger partial charge in [0.05, 0.1) is 11.0 Å². The predicted molar refractivity (Wildman–Crippen MR) is 160 cm³/mol. The molecule has 0 atom stereocenters. The van der Waals surface area contributed by atoms with Gasteiger partial charge in [-0.05, 0) is 30.7 Å². The first-order chi connectivity index (χ1) is 16.8. The Balaban J connectivity index is 0.00000432. The van der Waals surface area contributed by atoms with E-state index in [2.05, 4.69) is 76.0 Å². The number of halogens is 2. The van der Waals surface area contributed by atoms with E-state index in [0.717, 1.165) is 22.4 Å². The first-order valence-electron chi connectivity index (χ1n) is 14.0. The number of aryl methyl sites for hydroxylation is 1. The van der Waals surface area contributed by atoms with Gasteiger partial charge in [0.1, 0.15) is 5.82 Å². The minimum Gasteiger partial charge on any atom is -0.324 e. The van der Waals surface area contributed by atoms with E-state index in [1.165, 1.54) is 114 Å². The van der Waals surface area contributed by atoms with E-state index in [1.807, 2.05) is 0 Å². The van der Waals surface area contributed by atoms with Crippen LogP contribution < -0.4 is 0 Å². The highest BCUT2D eigenvalue weighted by Gasteiger charge is 2.12. The Morgan fingerprint density at radius 1 is 0.657 bits per heavy atom. The van der Waals surface area contributed by atoms with Crippen molar-refractivity contribution in [3.8, 4) is 11.4 Å². The molecular formula is C31H46BrClN2. The van der Waals surface area contributed by atoms with E-state index in [-0.39, 0.29) is 12.4 Å². The molecule has 0 aliphatic heterocycles. The van der Waals surface area contributed by atoms with Gasteiger partial charge >= 0.3 is 0 Å². The maximum Gasteiger partial charge on any atom is 0.141 e. The van der Waals surface area contributed by atoms with Gasteiger partial charge in [-0.1, -0.05) is 143 Å². The summed E-state index contributed by atoms with van der Waals surface area (Å²) in [6, 6.07) is 17.0. The largest absolute Gasteiger partial charge is 0.324 e. The number of unbranched alkanes of at least 4 members (excludes halogenated alkanes) is 15. The fourth-order valence-electron chi connectivity index (χ4n) is 4.97. The molecule has 3 aromatic rings. The number of fused-ring (bicyclic) bond motifs is 1. The molecule has 0 N–H and O–H groups in total. The van der Waals surface area contributed by atoms with E-state index >= 15 is 0 Å². The van der Waals surface area contributed by atoms with E-state index in [4.69, 9.17) is 4.98 Å². The molecule has 0 amide bonds. The molecule has 2 aromatic carbocycles. The normalized spacial score (nSPS) is 11.1. The van der Waals surface area contributed by atoms with Gasteiger partial charge in [0.15, 0.2) is 0 Å². The van der Waals surface area contributed by atoms with Crippen molar-refractivity contribution in [2.24, 2.45) is 0 Å². The molecule has 0 aliphatic carbocycles. The summed E-state index contributed by atoms with van der Waals surface area (Å²) in [4.78, 5) is 4.96. The van der Waals surface area contributed by atoms with Crippen LogP contribution in [0.4, 0.5) is 0 Å². The Morgan fingerprint density at radius 2 is 1.20 bits per heavy atom. The number of imidazole rings is 1. The molecule has 0 radical (unpaired) electrons. The lowest BCUT2D eigenvalue weighted by molar-refractivity contribution is 0.523. The summed E-state index contributed by atoms with van der Waals surface area (Å²) in [6.07, 6.45) is 22.5. The molecule has 3 rings (SSSR count). The third-order valence-corrected chi connectivity index (χ3v) is 7.47. The summed E-state index contributed by atoms with van der Waals surface area (Å²) in [5.74, 6) is 1.09. The highest BCUT2D eigenvalue weighted by Crippen LogP contribution is 2.27. The Kier molecular flexibility index (Phi) is 15.4. The van der Waals surface area contributed by atoms with E-state index in [0.29, 0.717) is 0 Å². The molecule has 0 saturated heterocycles. The van der Waals surface area contributed by atoms with Crippen LogP contribution >= 0.6 is 28.3 Å². The minimum absolute atomic E-state index is 0. The fourth-order valence-corrected chi connectivity index (χ4v) is 5.37. The van der Waals surface area contributed by atoms with Crippen molar-refractivity contribution in [3.63, 3.8) is 0 Å². The Morgan fingerprint density at radius 3 is 1.77 bits per heavy atom. The molecule has 194 valence electrons. The third-order valence-electron chi connectivity index (χ3n) is 6.97. The highest BCUT2D eigenvalue weighted by atomic mass is 79.9. The predicted octanol–water partition coefficient (Wildman–Crippen LogP) is 11.1. The first kappa shape index (κ1) is 29.9. The van der Waals surface area contributed by atoms with Gasteiger partial charge in [-0.15, -0.1) is 12.4 Å². The van der Waals surface area contributed by atoms with Crippen molar-refractivity contribution in [1.82, 2.24) is 9.55 Å². The van der Waals surface area contributed by atoms with Crippen molar-refractivity contribution in [2.75, 3.05) is 0 Å². The van der Waals surface area contributed by atoms with Crippen molar-refractivity contribution < 1.29 is 0 Å². The van der Waals surface area contributed by atoms with E-state index in [1.54, 1.807) is 0 Å². The summed E-state index contributed by atoms with van der Waals surface area (Å²) in [5, 5.41) is 0. The number of aromatic nitrogens is 2. The molecule has 2 nitrogen and oxygen atoms in total. The van der Waals surface area contributed by atoms with Gasteiger partial charge in [0.25, 0.3) is 0 Å². The highest BCUT2D eigenvalue weighted by molar-refractivity contribution is 9.10. The number of benzene rings is 2. The van der Waals surface area contributed by atoms with Crippen LogP contribution in [0.2, 0.25) is 0 Å². The van der Waals surface area contributed by atoms with Crippen molar-refractivity contribution in [3.05, 3.63) is 53.0 Å². The summed E-state index contributed by atoms with van der Waals surface area (Å²) in [6.45, 7) is 3.34. The topological polar surface area (TPSA) is 17.8 Å². The zero-order valence-electron chi connectivity index (χ0n) is 21.8. The second-order valence-electron chi connectivity index (χ2n) is 9.89. The summed E-state index contributed by atoms with van der Waals surface area (Å²) in [7, 11) is 0. The molecule has 4 heteroatoms. The lowest BCUT2D eigenvalue weighted by Gasteiger charge is -2.10. The molecule has 0 saturated carbocycles. The monoisotopic (exact) mass is 560 g/mol. The summed E-state index contributed by atoms with van der Waals surface area (Å²) in [5.41, 5.74) is 3.52. The smallest absolute Gasteiger partial charge is 0.141 e. The van der Waals surface area contributed by atoms with Crippen LogP contribution in [-0.2, 0) is 6.54 Å². The van der Waals surface area contributed by atoms with Crippen LogP contribution in [0.1, 0.15) is 110 Å². The maximum absolute atomic E-state index is 4.96. The van der Waals surface area contributed by atoms with Gasteiger partial charge in [0.2, 0.25) is 0 Å². The minimum atomic E-state index is 0. The van der Waals surface area contributed by atoms with Crippen molar-refractivity contribution in [2.45, 2.75) is 116 Å². The Bertz CT molecular complexity index is 952. The van der Waals surface area contributed by atoms with Crippen LogP contribution in [-0.4, -0.2) is 9.55 Å². The first-order valence-corrected chi connectivity index (χ1v) is 14.8. The second kappa shape index (κ2) is 18.0. The van der Waals surface area contributed by atoms with E-state index < -0.39 is 0 Å². The number of para-hydroxylation sites is 2. The number of nitrogens with zero attached hydrogens (tertiary/aromatic N) is 2. The van der Waals surface area contributed by atoms with Crippen LogP contribution in [0.25, 0.3) is 22.4 Å². The van der Waals surface area contributed by atoms with Crippen LogP contribution in [0.5, 0.6) is 0 Å². The molecule has 0 fully saturated rings. The molecule has 35 heavy (non-hydrogen) atoms. The van der Waals surface area contributed by atoms with Gasteiger partial charge in [-0.25, -0.2) is 4.98 Å². The number of hydrogen-bond acceptors (Lipinski definition) is 1. The molecule has 1 heterocycles. The second-order valence-corrected chi connectivity index (χ2v) is 10.8. The molecule has 0 spiro atoms. The molecule has 0 bridgehead atoms. The third kappa shape index (κ3) is 10.7.